The second-order valence-electron chi connectivity index (χ2n) is 6.30. The number of nitrogens with zero attached hydrogens (tertiary/aromatic N) is 3. The number of rotatable bonds is 4. The van der Waals surface area contributed by atoms with E-state index in [1.54, 1.807) is 15.8 Å². The molecule has 2 fully saturated rings. The molecule has 1 saturated carbocycles. The van der Waals surface area contributed by atoms with E-state index < -0.39 is 0 Å². The molecule has 0 radical (unpaired) electrons. The molecule has 0 spiro atoms. The van der Waals surface area contributed by atoms with E-state index in [0.717, 1.165) is 25.1 Å². The van der Waals surface area contributed by atoms with Crippen LogP contribution in [0.1, 0.15) is 45.4 Å². The number of aromatic nitrogens is 2. The lowest BCUT2D eigenvalue weighted by atomic mass is 9.95. The Morgan fingerprint density at radius 2 is 2.14 bits per heavy atom. The van der Waals surface area contributed by atoms with Gasteiger partial charge in [0.2, 0.25) is 11.8 Å². The molecular weight excluding hydrogens is 280 g/mol. The molecule has 120 valence electrons. The lowest BCUT2D eigenvalue weighted by Crippen LogP contribution is -2.40. The Hall–Kier alpha value is -1.85. The average molecular weight is 304 g/mol. The summed E-state index contributed by atoms with van der Waals surface area (Å²) < 4.78 is 1.79. The van der Waals surface area contributed by atoms with Crippen molar-refractivity contribution in [3.63, 3.8) is 0 Å². The van der Waals surface area contributed by atoms with Crippen LogP contribution in [0.2, 0.25) is 0 Å². The number of hydrogen-bond acceptors (Lipinski definition) is 3. The van der Waals surface area contributed by atoms with Crippen LogP contribution in [0, 0.1) is 5.92 Å². The molecule has 1 aliphatic carbocycles. The van der Waals surface area contributed by atoms with Crippen LogP contribution >= 0.6 is 0 Å². The molecule has 6 heteroatoms. The highest BCUT2D eigenvalue weighted by Crippen LogP contribution is 2.25. The number of amides is 2. The Morgan fingerprint density at radius 1 is 1.36 bits per heavy atom. The Morgan fingerprint density at radius 3 is 2.82 bits per heavy atom. The molecule has 1 N–H and O–H groups in total. The van der Waals surface area contributed by atoms with Gasteiger partial charge in [0, 0.05) is 31.7 Å². The van der Waals surface area contributed by atoms with Gasteiger partial charge in [-0.2, -0.15) is 5.10 Å². The second kappa shape index (κ2) is 6.50. The van der Waals surface area contributed by atoms with Crippen LogP contribution in [0.15, 0.2) is 12.4 Å². The molecule has 2 aliphatic rings. The van der Waals surface area contributed by atoms with E-state index in [4.69, 9.17) is 0 Å². The van der Waals surface area contributed by atoms with Crippen LogP contribution in [0.25, 0.3) is 0 Å². The van der Waals surface area contributed by atoms with Gasteiger partial charge in [-0.15, -0.1) is 0 Å². The molecule has 1 aromatic rings. The Balaban J connectivity index is 1.59. The number of nitrogens with one attached hydrogen (secondary N) is 1. The first-order chi connectivity index (χ1) is 10.7. The largest absolute Gasteiger partial charge is 0.353 e. The molecule has 1 saturated heterocycles. The molecule has 6 nitrogen and oxygen atoms in total. The highest BCUT2D eigenvalue weighted by molar-refractivity contribution is 6.00. The summed E-state index contributed by atoms with van der Waals surface area (Å²) in [4.78, 5) is 26.3. The van der Waals surface area contributed by atoms with E-state index in [9.17, 15) is 9.59 Å². The molecule has 1 atom stereocenters. The highest BCUT2D eigenvalue weighted by atomic mass is 16.2. The van der Waals surface area contributed by atoms with Crippen LogP contribution in [0.3, 0.4) is 0 Å². The minimum absolute atomic E-state index is 0.0134. The van der Waals surface area contributed by atoms with E-state index >= 15 is 0 Å². The zero-order chi connectivity index (χ0) is 15.5. The van der Waals surface area contributed by atoms with Crippen LogP contribution in [0.4, 0.5) is 5.69 Å². The van der Waals surface area contributed by atoms with Gasteiger partial charge in [-0.1, -0.05) is 19.3 Å². The van der Waals surface area contributed by atoms with Gasteiger partial charge in [-0.25, -0.2) is 0 Å². The first kappa shape index (κ1) is 15.1. The van der Waals surface area contributed by atoms with Crippen molar-refractivity contribution in [1.82, 2.24) is 15.1 Å². The third-order valence-corrected chi connectivity index (χ3v) is 4.70. The lowest BCUT2D eigenvalue weighted by Gasteiger charge is -2.24. The first-order valence-electron chi connectivity index (χ1n) is 8.30. The summed E-state index contributed by atoms with van der Waals surface area (Å²) in [6.45, 7) is 3.24. The van der Waals surface area contributed by atoms with Gasteiger partial charge in [0.1, 0.15) is 0 Å². The van der Waals surface area contributed by atoms with Crippen molar-refractivity contribution < 1.29 is 9.59 Å². The SMILES string of the molecule is CCn1cc(N2CC(C(=O)NC3CCCCC3)CC2=O)cn1. The predicted molar refractivity (Wildman–Crippen MR) is 83.4 cm³/mol. The van der Waals surface area contributed by atoms with E-state index in [-0.39, 0.29) is 17.7 Å². The maximum atomic E-state index is 12.4. The lowest BCUT2D eigenvalue weighted by molar-refractivity contribution is -0.127. The fourth-order valence-electron chi connectivity index (χ4n) is 3.36. The fourth-order valence-corrected chi connectivity index (χ4v) is 3.36. The summed E-state index contributed by atoms with van der Waals surface area (Å²) in [5.41, 5.74) is 0.791. The number of anilines is 1. The Bertz CT molecular complexity index is 548. The molecule has 1 unspecified atom stereocenters. The van der Waals surface area contributed by atoms with Crippen LogP contribution in [-0.4, -0.2) is 34.2 Å². The van der Waals surface area contributed by atoms with Crippen molar-refractivity contribution in [3.05, 3.63) is 12.4 Å². The molecule has 2 amide bonds. The van der Waals surface area contributed by atoms with Gasteiger partial charge < -0.3 is 10.2 Å². The van der Waals surface area contributed by atoms with Crippen LogP contribution < -0.4 is 10.2 Å². The number of carbonyl (C=O) groups is 2. The Labute approximate surface area is 130 Å². The van der Waals surface area contributed by atoms with Gasteiger partial charge in [0.05, 0.1) is 17.8 Å². The van der Waals surface area contributed by atoms with E-state index in [2.05, 4.69) is 10.4 Å². The minimum atomic E-state index is -0.237. The van der Waals surface area contributed by atoms with E-state index in [1.807, 2.05) is 13.1 Å². The number of carbonyl (C=O) groups excluding carboxylic acids is 2. The maximum Gasteiger partial charge on any atom is 0.227 e. The standard InChI is InChI=1S/C16H24N4O2/c1-2-19-11-14(9-17-19)20-10-12(8-15(20)21)16(22)18-13-6-4-3-5-7-13/h9,11-13H,2-8,10H2,1H3,(H,18,22). The topological polar surface area (TPSA) is 67.2 Å². The van der Waals surface area contributed by atoms with Gasteiger partial charge in [0.15, 0.2) is 0 Å². The average Bonchev–Trinajstić information content (AvgIpc) is 3.14. The summed E-state index contributed by atoms with van der Waals surface area (Å²) in [7, 11) is 0. The molecule has 3 rings (SSSR count). The summed E-state index contributed by atoms with van der Waals surface area (Å²) in [5, 5.41) is 7.33. The zero-order valence-electron chi connectivity index (χ0n) is 13.1. The van der Waals surface area contributed by atoms with Crippen molar-refractivity contribution in [2.45, 2.75) is 58.0 Å². The third-order valence-electron chi connectivity index (χ3n) is 4.70. The van der Waals surface area contributed by atoms with Crippen molar-refractivity contribution in [2.24, 2.45) is 5.92 Å². The predicted octanol–water partition coefficient (Wildman–Crippen LogP) is 1.70. The molecule has 1 aliphatic heterocycles. The summed E-state index contributed by atoms with van der Waals surface area (Å²) >= 11 is 0. The van der Waals surface area contributed by atoms with Gasteiger partial charge in [-0.3, -0.25) is 14.3 Å². The summed E-state index contributed by atoms with van der Waals surface area (Å²) in [6, 6.07) is 0.299. The molecule has 0 bridgehead atoms. The minimum Gasteiger partial charge on any atom is -0.353 e. The normalized spacial score (nSPS) is 23.0. The van der Waals surface area contributed by atoms with Crippen LogP contribution in [-0.2, 0) is 16.1 Å². The van der Waals surface area contributed by atoms with E-state index in [0.29, 0.717) is 19.0 Å². The number of aryl methyl sites for hydroxylation is 1. The third kappa shape index (κ3) is 3.15. The molecule has 2 heterocycles. The van der Waals surface area contributed by atoms with E-state index in [1.165, 1.54) is 19.3 Å². The fraction of sp³-hybridized carbons (Fsp3) is 0.688. The maximum absolute atomic E-state index is 12.4. The van der Waals surface area contributed by atoms with Crippen molar-refractivity contribution in [1.29, 1.82) is 0 Å². The highest BCUT2D eigenvalue weighted by Gasteiger charge is 2.36. The summed E-state index contributed by atoms with van der Waals surface area (Å²) in [6.07, 6.45) is 9.65. The Kier molecular flexibility index (Phi) is 4.45. The quantitative estimate of drug-likeness (QED) is 0.920. The molecule has 22 heavy (non-hydrogen) atoms. The smallest absolute Gasteiger partial charge is 0.227 e. The molecule has 0 aromatic carbocycles. The van der Waals surface area contributed by atoms with Crippen molar-refractivity contribution >= 4 is 17.5 Å². The van der Waals surface area contributed by atoms with Crippen LogP contribution in [0.5, 0.6) is 0 Å². The molecule has 1 aromatic heterocycles. The van der Waals surface area contributed by atoms with Crippen molar-refractivity contribution in [2.75, 3.05) is 11.4 Å². The first-order valence-corrected chi connectivity index (χ1v) is 8.30. The molecular formula is C16H24N4O2. The monoisotopic (exact) mass is 304 g/mol. The van der Waals surface area contributed by atoms with Crippen molar-refractivity contribution in [3.8, 4) is 0 Å². The summed E-state index contributed by atoms with van der Waals surface area (Å²) in [5.74, 6) is -0.190. The van der Waals surface area contributed by atoms with Gasteiger partial charge in [0.25, 0.3) is 0 Å². The number of hydrogen-bond donors (Lipinski definition) is 1. The van der Waals surface area contributed by atoms with Gasteiger partial charge >= 0.3 is 0 Å². The zero-order valence-corrected chi connectivity index (χ0v) is 13.1. The second-order valence-corrected chi connectivity index (χ2v) is 6.30. The van der Waals surface area contributed by atoms with Gasteiger partial charge in [-0.05, 0) is 19.8 Å².